The van der Waals surface area contributed by atoms with E-state index >= 15 is 0 Å². The van der Waals surface area contributed by atoms with Crippen molar-refractivity contribution in [3.63, 3.8) is 0 Å². The maximum Gasteiger partial charge on any atom is 0.188 e. The van der Waals surface area contributed by atoms with E-state index in [4.69, 9.17) is 4.98 Å². The van der Waals surface area contributed by atoms with E-state index in [1.54, 1.807) is 11.3 Å². The maximum atomic E-state index is 4.76. The number of aryl methyl sites for hydroxylation is 3. The van der Waals surface area contributed by atoms with Crippen molar-refractivity contribution >= 4 is 22.3 Å². The SMILES string of the molecule is CCCc1ncc(CN2CCC(Cc3nc(C)cc(Nc4ncc(C)s4)n3)CC2)cn1. The fourth-order valence-corrected chi connectivity index (χ4v) is 4.66. The topological polar surface area (TPSA) is 79.7 Å². The highest BCUT2D eigenvalue weighted by molar-refractivity contribution is 7.15. The number of likely N-dealkylation sites (tertiary alicyclic amines) is 1. The summed E-state index contributed by atoms with van der Waals surface area (Å²) in [5.41, 5.74) is 2.19. The van der Waals surface area contributed by atoms with Crippen molar-refractivity contribution in [3.8, 4) is 0 Å². The second-order valence-electron chi connectivity index (χ2n) is 8.39. The van der Waals surface area contributed by atoms with Crippen LogP contribution in [-0.2, 0) is 19.4 Å². The minimum atomic E-state index is 0.621. The van der Waals surface area contributed by atoms with Crippen LogP contribution in [0, 0.1) is 19.8 Å². The number of hydrogen-bond donors (Lipinski definition) is 1. The van der Waals surface area contributed by atoms with Gasteiger partial charge in [0.2, 0.25) is 0 Å². The Bertz CT molecular complexity index is 978. The second-order valence-corrected chi connectivity index (χ2v) is 9.63. The van der Waals surface area contributed by atoms with Crippen LogP contribution in [0.25, 0.3) is 0 Å². The normalized spacial score (nSPS) is 15.3. The van der Waals surface area contributed by atoms with Crippen LogP contribution in [0.3, 0.4) is 0 Å². The van der Waals surface area contributed by atoms with Crippen LogP contribution in [-0.4, -0.2) is 42.9 Å². The molecule has 0 bridgehead atoms. The lowest BCUT2D eigenvalue weighted by Gasteiger charge is -2.31. The first-order chi connectivity index (χ1) is 15.1. The van der Waals surface area contributed by atoms with Crippen molar-refractivity contribution in [1.82, 2.24) is 29.8 Å². The van der Waals surface area contributed by atoms with Gasteiger partial charge in [0, 0.05) is 60.2 Å². The standard InChI is InChI=1S/C23H31N7S/c1-4-5-20-24-13-19(14-25-20)15-30-8-6-18(7-9-30)11-22-27-16(2)10-21(28-22)29-23-26-12-17(3)31-23/h10,12-14,18H,4-9,11,15H2,1-3H3,(H,26,27,28,29). The highest BCUT2D eigenvalue weighted by Crippen LogP contribution is 2.24. The van der Waals surface area contributed by atoms with Crippen LogP contribution in [0.1, 0.15) is 54.0 Å². The summed E-state index contributed by atoms with van der Waals surface area (Å²) < 4.78 is 0. The van der Waals surface area contributed by atoms with Crippen molar-refractivity contribution in [2.45, 2.75) is 59.4 Å². The summed E-state index contributed by atoms with van der Waals surface area (Å²) in [6.07, 6.45) is 11.2. The molecule has 7 nitrogen and oxygen atoms in total. The Morgan fingerprint density at radius 3 is 2.48 bits per heavy atom. The van der Waals surface area contributed by atoms with Gasteiger partial charge in [0.05, 0.1) is 0 Å². The summed E-state index contributed by atoms with van der Waals surface area (Å²) in [7, 11) is 0. The number of rotatable bonds is 8. The van der Waals surface area contributed by atoms with E-state index in [0.717, 1.165) is 67.2 Å². The molecule has 0 radical (unpaired) electrons. The van der Waals surface area contributed by atoms with Crippen LogP contribution in [0.2, 0.25) is 0 Å². The van der Waals surface area contributed by atoms with Gasteiger partial charge < -0.3 is 5.32 Å². The van der Waals surface area contributed by atoms with Crippen LogP contribution in [0.4, 0.5) is 10.9 Å². The Morgan fingerprint density at radius 1 is 1.03 bits per heavy atom. The molecule has 1 aliphatic heterocycles. The molecule has 0 atom stereocenters. The molecule has 4 rings (SSSR count). The zero-order chi connectivity index (χ0) is 21.6. The van der Waals surface area contributed by atoms with E-state index in [1.807, 2.05) is 31.6 Å². The van der Waals surface area contributed by atoms with Crippen LogP contribution >= 0.6 is 11.3 Å². The summed E-state index contributed by atoms with van der Waals surface area (Å²) in [6, 6.07) is 1.98. The third-order valence-corrected chi connectivity index (χ3v) is 6.40. The van der Waals surface area contributed by atoms with E-state index in [1.165, 1.54) is 23.3 Å². The van der Waals surface area contributed by atoms with E-state index < -0.39 is 0 Å². The van der Waals surface area contributed by atoms with Gasteiger partial charge in [0.1, 0.15) is 17.5 Å². The minimum Gasteiger partial charge on any atom is -0.316 e. The van der Waals surface area contributed by atoms with Gasteiger partial charge in [-0.25, -0.2) is 24.9 Å². The molecule has 31 heavy (non-hydrogen) atoms. The lowest BCUT2D eigenvalue weighted by atomic mass is 9.93. The Morgan fingerprint density at radius 2 is 1.81 bits per heavy atom. The third kappa shape index (κ3) is 6.27. The van der Waals surface area contributed by atoms with Crippen molar-refractivity contribution in [1.29, 1.82) is 0 Å². The quantitative estimate of drug-likeness (QED) is 0.556. The average molecular weight is 438 g/mol. The van der Waals surface area contributed by atoms with Gasteiger partial charge in [-0.05, 0) is 52.1 Å². The van der Waals surface area contributed by atoms with Gasteiger partial charge in [0.15, 0.2) is 5.13 Å². The highest BCUT2D eigenvalue weighted by Gasteiger charge is 2.21. The molecule has 0 saturated carbocycles. The van der Waals surface area contributed by atoms with Gasteiger partial charge in [0.25, 0.3) is 0 Å². The summed E-state index contributed by atoms with van der Waals surface area (Å²) in [5, 5.41) is 4.20. The molecule has 0 aliphatic carbocycles. The zero-order valence-electron chi connectivity index (χ0n) is 18.6. The predicted octanol–water partition coefficient (Wildman–Crippen LogP) is 4.49. The molecular formula is C23H31N7S. The number of piperidine rings is 1. The molecule has 164 valence electrons. The molecule has 1 N–H and O–H groups in total. The van der Waals surface area contributed by atoms with Gasteiger partial charge in [-0.15, -0.1) is 11.3 Å². The minimum absolute atomic E-state index is 0.621. The van der Waals surface area contributed by atoms with Crippen LogP contribution < -0.4 is 5.32 Å². The lowest BCUT2D eigenvalue weighted by Crippen LogP contribution is -2.34. The molecule has 0 spiro atoms. The van der Waals surface area contributed by atoms with Crippen molar-refractivity contribution in [2.75, 3.05) is 18.4 Å². The van der Waals surface area contributed by atoms with Gasteiger partial charge >= 0.3 is 0 Å². The Hall–Kier alpha value is -2.45. The van der Waals surface area contributed by atoms with Crippen molar-refractivity contribution in [3.05, 3.63) is 52.4 Å². The molecule has 1 aliphatic rings. The van der Waals surface area contributed by atoms with E-state index in [-0.39, 0.29) is 0 Å². The molecular weight excluding hydrogens is 406 g/mol. The molecule has 1 fully saturated rings. The monoisotopic (exact) mass is 437 g/mol. The number of hydrogen-bond acceptors (Lipinski definition) is 8. The second kappa shape index (κ2) is 10.2. The highest BCUT2D eigenvalue weighted by atomic mass is 32.1. The molecule has 8 heteroatoms. The molecule has 0 aromatic carbocycles. The lowest BCUT2D eigenvalue weighted by molar-refractivity contribution is 0.175. The smallest absolute Gasteiger partial charge is 0.188 e. The fraction of sp³-hybridized carbons (Fsp3) is 0.522. The van der Waals surface area contributed by atoms with Gasteiger partial charge in [-0.3, -0.25) is 4.90 Å². The Labute approximate surface area is 188 Å². The maximum absolute atomic E-state index is 4.76. The summed E-state index contributed by atoms with van der Waals surface area (Å²) in [5.74, 6) is 3.33. The zero-order valence-corrected chi connectivity index (χ0v) is 19.5. The molecule has 0 amide bonds. The van der Waals surface area contributed by atoms with E-state index in [0.29, 0.717) is 5.92 Å². The molecule has 1 saturated heterocycles. The van der Waals surface area contributed by atoms with Crippen molar-refractivity contribution < 1.29 is 0 Å². The van der Waals surface area contributed by atoms with Crippen LogP contribution in [0.15, 0.2) is 24.7 Å². The Balaban J connectivity index is 1.29. The van der Waals surface area contributed by atoms with E-state index in [9.17, 15) is 0 Å². The van der Waals surface area contributed by atoms with Crippen LogP contribution in [0.5, 0.6) is 0 Å². The summed E-state index contributed by atoms with van der Waals surface area (Å²) in [6.45, 7) is 9.36. The van der Waals surface area contributed by atoms with Crippen molar-refractivity contribution in [2.24, 2.45) is 5.92 Å². The Kier molecular flexibility index (Phi) is 7.19. The first kappa shape index (κ1) is 21.8. The largest absolute Gasteiger partial charge is 0.316 e. The fourth-order valence-electron chi connectivity index (χ4n) is 3.99. The number of nitrogens with one attached hydrogen (secondary N) is 1. The summed E-state index contributed by atoms with van der Waals surface area (Å²) in [4.78, 5) is 26.5. The number of aromatic nitrogens is 5. The third-order valence-electron chi connectivity index (χ3n) is 5.57. The van der Waals surface area contributed by atoms with Gasteiger partial charge in [-0.2, -0.15) is 0 Å². The average Bonchev–Trinajstić information content (AvgIpc) is 3.15. The molecule has 3 aromatic heterocycles. The number of thiazole rings is 1. The summed E-state index contributed by atoms with van der Waals surface area (Å²) >= 11 is 1.64. The first-order valence-corrected chi connectivity index (χ1v) is 11.9. The number of nitrogens with zero attached hydrogens (tertiary/aromatic N) is 6. The molecule has 4 heterocycles. The predicted molar refractivity (Wildman–Crippen MR) is 125 cm³/mol. The molecule has 0 unspecified atom stereocenters. The van der Waals surface area contributed by atoms with Gasteiger partial charge in [-0.1, -0.05) is 6.92 Å². The number of anilines is 2. The van der Waals surface area contributed by atoms with E-state index in [2.05, 4.69) is 44.0 Å². The molecule has 3 aromatic rings. The first-order valence-electron chi connectivity index (χ1n) is 11.1.